The molecule has 0 amide bonds. The Labute approximate surface area is 226 Å². The van der Waals surface area contributed by atoms with E-state index in [4.69, 9.17) is 28.1 Å². The second-order valence-electron chi connectivity index (χ2n) is 9.02. The highest BCUT2D eigenvalue weighted by Gasteiger charge is 2.52. The lowest BCUT2D eigenvalue weighted by atomic mass is 9.98. The Morgan fingerprint density at radius 1 is 0.800 bits per heavy atom. The molecule has 1 aliphatic rings. The van der Waals surface area contributed by atoms with Crippen LogP contribution < -0.4 is 10.2 Å². The first-order valence-corrected chi connectivity index (χ1v) is 12.0. The number of hydrogen-bond acceptors (Lipinski definition) is 13. The smallest absolute Gasteiger partial charge is 0.303 e. The first-order valence-electron chi connectivity index (χ1n) is 12.0. The van der Waals surface area contributed by atoms with Crippen molar-refractivity contribution in [1.29, 1.82) is 0 Å². The van der Waals surface area contributed by atoms with Crippen LogP contribution in [0.2, 0.25) is 0 Å². The van der Waals surface area contributed by atoms with Gasteiger partial charge in [0, 0.05) is 38.5 Å². The van der Waals surface area contributed by atoms with Crippen LogP contribution in [0.15, 0.2) is 45.6 Å². The van der Waals surface area contributed by atoms with Crippen molar-refractivity contribution in [2.24, 2.45) is 0 Å². The zero-order valence-corrected chi connectivity index (χ0v) is 21.8. The fourth-order valence-electron chi connectivity index (χ4n) is 4.36. The number of fused-ring (bicyclic) bond motifs is 1. The van der Waals surface area contributed by atoms with Crippen LogP contribution in [0, 0.1) is 0 Å². The molecule has 13 heteroatoms. The number of rotatable bonds is 6. The summed E-state index contributed by atoms with van der Waals surface area (Å²) in [6, 6.07) is 7.54. The van der Waals surface area contributed by atoms with Crippen molar-refractivity contribution >= 4 is 28.9 Å². The summed E-state index contributed by atoms with van der Waals surface area (Å²) in [5.41, 5.74) is -0.817. The standard InChI is InChI=1S/C27H26O13/c1-11-22(36-12(2)28)25(37-13(3)29)26(38-14(4)30)27(35-11)40-24-21(34)20-18(33)9-17(32)10-19(20)39-23(24)15-5-7-16(31)8-6-15/h5-11,22,25-27,31-33H,1-4H3/t11-,22-,25-,26+,27-/m0/s1. The van der Waals surface area contributed by atoms with Gasteiger partial charge in [-0.1, -0.05) is 0 Å². The van der Waals surface area contributed by atoms with E-state index in [9.17, 15) is 34.5 Å². The van der Waals surface area contributed by atoms with Crippen LogP contribution in [0.4, 0.5) is 0 Å². The Kier molecular flexibility index (Phi) is 7.86. The van der Waals surface area contributed by atoms with E-state index in [2.05, 4.69) is 0 Å². The number of ether oxygens (including phenoxy) is 5. The Morgan fingerprint density at radius 2 is 1.38 bits per heavy atom. The molecule has 1 fully saturated rings. The molecule has 1 aromatic heterocycles. The van der Waals surface area contributed by atoms with Crippen molar-refractivity contribution in [2.45, 2.75) is 58.4 Å². The van der Waals surface area contributed by atoms with Crippen molar-refractivity contribution in [2.75, 3.05) is 0 Å². The predicted octanol–water partition coefficient (Wildman–Crippen LogP) is 2.50. The minimum atomic E-state index is -1.61. The van der Waals surface area contributed by atoms with Gasteiger partial charge in [-0.25, -0.2) is 0 Å². The number of esters is 3. The van der Waals surface area contributed by atoms with E-state index in [-0.39, 0.29) is 33.8 Å². The van der Waals surface area contributed by atoms with Crippen molar-refractivity contribution in [3.8, 4) is 34.3 Å². The summed E-state index contributed by atoms with van der Waals surface area (Å²) >= 11 is 0. The molecule has 3 N–H and O–H groups in total. The third kappa shape index (κ3) is 5.78. The van der Waals surface area contributed by atoms with E-state index in [1.54, 1.807) is 0 Å². The van der Waals surface area contributed by atoms with Crippen LogP contribution in [0.3, 0.4) is 0 Å². The van der Waals surface area contributed by atoms with Gasteiger partial charge in [0.15, 0.2) is 18.0 Å². The van der Waals surface area contributed by atoms with Gasteiger partial charge in [-0.15, -0.1) is 0 Å². The van der Waals surface area contributed by atoms with Gasteiger partial charge in [-0.3, -0.25) is 19.2 Å². The number of aromatic hydroxyl groups is 3. The molecule has 0 unspecified atom stereocenters. The maximum absolute atomic E-state index is 13.7. The second kappa shape index (κ2) is 11.1. The van der Waals surface area contributed by atoms with Gasteiger partial charge in [0.05, 0.1) is 6.10 Å². The molecule has 0 aliphatic carbocycles. The maximum Gasteiger partial charge on any atom is 0.303 e. The maximum atomic E-state index is 13.7. The molecule has 212 valence electrons. The van der Waals surface area contributed by atoms with Crippen LogP contribution >= 0.6 is 0 Å². The van der Waals surface area contributed by atoms with E-state index in [1.165, 1.54) is 31.2 Å². The van der Waals surface area contributed by atoms with Crippen molar-refractivity contribution in [3.05, 3.63) is 46.6 Å². The predicted molar refractivity (Wildman–Crippen MR) is 135 cm³/mol. The van der Waals surface area contributed by atoms with Crippen molar-refractivity contribution in [1.82, 2.24) is 0 Å². The molecule has 40 heavy (non-hydrogen) atoms. The third-order valence-corrected chi connectivity index (χ3v) is 5.91. The minimum Gasteiger partial charge on any atom is -0.508 e. The van der Waals surface area contributed by atoms with E-state index in [0.29, 0.717) is 0 Å². The largest absolute Gasteiger partial charge is 0.508 e. The molecule has 4 rings (SSSR count). The molecular formula is C27H26O13. The molecule has 2 aromatic carbocycles. The molecule has 2 heterocycles. The van der Waals surface area contributed by atoms with Crippen LogP contribution in [-0.4, -0.2) is 63.9 Å². The quantitative estimate of drug-likeness (QED) is 0.296. The molecular weight excluding hydrogens is 532 g/mol. The zero-order valence-electron chi connectivity index (χ0n) is 21.8. The fraction of sp³-hybridized carbons (Fsp3) is 0.333. The molecule has 0 bridgehead atoms. The number of carbonyl (C=O) groups is 3. The molecule has 1 saturated heterocycles. The topological polar surface area (TPSA) is 188 Å². The highest BCUT2D eigenvalue weighted by molar-refractivity contribution is 5.88. The number of phenolic OH excluding ortho intramolecular Hbond substituents is 3. The highest BCUT2D eigenvalue weighted by Crippen LogP contribution is 2.38. The molecule has 3 aromatic rings. The molecule has 0 spiro atoms. The van der Waals surface area contributed by atoms with E-state index >= 15 is 0 Å². The fourth-order valence-corrected chi connectivity index (χ4v) is 4.36. The molecule has 5 atom stereocenters. The van der Waals surface area contributed by atoms with Gasteiger partial charge >= 0.3 is 17.9 Å². The summed E-state index contributed by atoms with van der Waals surface area (Å²) in [4.78, 5) is 49.5. The van der Waals surface area contributed by atoms with E-state index in [0.717, 1.165) is 32.9 Å². The first-order chi connectivity index (χ1) is 18.8. The van der Waals surface area contributed by atoms with Gasteiger partial charge in [0.2, 0.25) is 23.6 Å². The lowest BCUT2D eigenvalue weighted by Gasteiger charge is -2.43. The Morgan fingerprint density at radius 3 is 1.98 bits per heavy atom. The van der Waals surface area contributed by atoms with Gasteiger partial charge in [-0.2, -0.15) is 0 Å². The SMILES string of the molecule is CC(=O)O[C@H]1[C@@H](OC(C)=O)[C@H](C)O[C@@H](Oc2c(-c3ccc(O)cc3)oc3cc(O)cc(O)c3c2=O)[C@@H]1OC(C)=O. The van der Waals surface area contributed by atoms with Gasteiger partial charge in [-0.05, 0) is 31.2 Å². The average molecular weight is 558 g/mol. The molecule has 13 nitrogen and oxygen atoms in total. The third-order valence-electron chi connectivity index (χ3n) is 5.91. The molecule has 1 aliphatic heterocycles. The van der Waals surface area contributed by atoms with Crippen molar-refractivity contribution < 1.29 is 57.8 Å². The number of carbonyl (C=O) groups excluding carboxylic acids is 3. The monoisotopic (exact) mass is 558 g/mol. The number of hydrogen-bond donors (Lipinski definition) is 3. The first kappa shape index (κ1) is 28.2. The van der Waals surface area contributed by atoms with Crippen LogP contribution in [0.25, 0.3) is 22.3 Å². The number of phenols is 3. The Balaban J connectivity index is 1.89. The lowest BCUT2D eigenvalue weighted by Crippen LogP contribution is -2.62. The van der Waals surface area contributed by atoms with Crippen molar-refractivity contribution in [3.63, 3.8) is 0 Å². The Bertz CT molecular complexity index is 1510. The summed E-state index contributed by atoms with van der Waals surface area (Å²) in [7, 11) is 0. The van der Waals surface area contributed by atoms with Crippen LogP contribution in [0.1, 0.15) is 27.7 Å². The Hall–Kier alpha value is -4.78. The van der Waals surface area contributed by atoms with Gasteiger partial charge < -0.3 is 43.4 Å². The van der Waals surface area contributed by atoms with E-state index < -0.39 is 65.5 Å². The average Bonchev–Trinajstić information content (AvgIpc) is 2.84. The normalized spacial score (nSPS) is 22.4. The molecule has 0 radical (unpaired) electrons. The minimum absolute atomic E-state index is 0.0789. The van der Waals surface area contributed by atoms with Gasteiger partial charge in [0.25, 0.3) is 0 Å². The van der Waals surface area contributed by atoms with Gasteiger partial charge in [0.1, 0.15) is 28.2 Å². The summed E-state index contributed by atoms with van der Waals surface area (Å²) in [5.74, 6) is -4.08. The summed E-state index contributed by atoms with van der Waals surface area (Å²) in [6.07, 6.45) is -6.72. The summed E-state index contributed by atoms with van der Waals surface area (Å²) in [6.45, 7) is 4.81. The lowest BCUT2D eigenvalue weighted by molar-refractivity contribution is -0.280. The highest BCUT2D eigenvalue weighted by atomic mass is 16.7. The van der Waals surface area contributed by atoms with E-state index in [1.807, 2.05) is 0 Å². The summed E-state index contributed by atoms with van der Waals surface area (Å²) < 4.78 is 33.7. The summed E-state index contributed by atoms with van der Waals surface area (Å²) in [5, 5.41) is 29.8. The van der Waals surface area contributed by atoms with Crippen LogP contribution in [-0.2, 0) is 33.3 Å². The second-order valence-corrected chi connectivity index (χ2v) is 9.02. The molecule has 0 saturated carbocycles. The number of benzene rings is 2. The zero-order chi connectivity index (χ0) is 29.3. The van der Waals surface area contributed by atoms with Crippen LogP contribution in [0.5, 0.6) is 23.0 Å².